The van der Waals surface area contributed by atoms with E-state index in [1.54, 1.807) is 6.07 Å². The molecule has 90 valence electrons. The van der Waals surface area contributed by atoms with E-state index in [2.05, 4.69) is 20.4 Å². The van der Waals surface area contributed by atoms with Crippen LogP contribution in [-0.2, 0) is 6.54 Å². The lowest BCUT2D eigenvalue weighted by atomic mass is 10.2. The van der Waals surface area contributed by atoms with Gasteiger partial charge in [-0.05, 0) is 23.7 Å². The molecule has 18 heavy (non-hydrogen) atoms. The molecule has 2 heterocycles. The third-order valence-electron chi connectivity index (χ3n) is 2.50. The molecular weight excluding hydrogens is 252 g/mol. The predicted molar refractivity (Wildman–Crippen MR) is 68.4 cm³/mol. The van der Waals surface area contributed by atoms with E-state index in [1.807, 2.05) is 24.3 Å². The summed E-state index contributed by atoms with van der Waals surface area (Å²) in [5.41, 5.74) is 1.61. The average Bonchev–Trinajstić information content (AvgIpc) is 2.89. The van der Waals surface area contributed by atoms with E-state index in [0.717, 1.165) is 16.6 Å². The van der Waals surface area contributed by atoms with Crippen molar-refractivity contribution < 1.29 is 4.52 Å². The molecule has 0 bridgehead atoms. The summed E-state index contributed by atoms with van der Waals surface area (Å²) in [4.78, 5) is 8.35. The molecule has 6 heteroatoms. The van der Waals surface area contributed by atoms with Crippen LogP contribution in [-0.4, -0.2) is 15.1 Å². The van der Waals surface area contributed by atoms with Crippen LogP contribution in [0.2, 0.25) is 5.28 Å². The number of anilines is 1. The lowest BCUT2D eigenvalue weighted by molar-refractivity contribution is 0.412. The van der Waals surface area contributed by atoms with E-state index in [9.17, 15) is 0 Å². The Morgan fingerprint density at radius 3 is 2.89 bits per heavy atom. The molecule has 0 aliphatic carbocycles. The average molecular weight is 261 g/mol. The van der Waals surface area contributed by atoms with Crippen molar-refractivity contribution >= 4 is 28.3 Å². The SMILES string of the molecule is Clc1nc(NCc2ccon2)c2ccccc2n1. The van der Waals surface area contributed by atoms with Crippen LogP contribution in [0.15, 0.2) is 41.1 Å². The molecule has 3 aromatic rings. The van der Waals surface area contributed by atoms with Crippen molar-refractivity contribution in [1.29, 1.82) is 0 Å². The van der Waals surface area contributed by atoms with Crippen molar-refractivity contribution in [1.82, 2.24) is 15.1 Å². The van der Waals surface area contributed by atoms with Gasteiger partial charge < -0.3 is 9.84 Å². The van der Waals surface area contributed by atoms with Gasteiger partial charge in [0.2, 0.25) is 5.28 Å². The molecule has 0 saturated heterocycles. The normalized spacial score (nSPS) is 10.7. The number of hydrogen-bond donors (Lipinski definition) is 1. The second kappa shape index (κ2) is 4.62. The van der Waals surface area contributed by atoms with Crippen molar-refractivity contribution in [3.8, 4) is 0 Å². The van der Waals surface area contributed by atoms with Crippen LogP contribution < -0.4 is 5.32 Å². The van der Waals surface area contributed by atoms with Crippen LogP contribution in [0.4, 0.5) is 5.82 Å². The highest BCUT2D eigenvalue weighted by Crippen LogP contribution is 2.22. The van der Waals surface area contributed by atoms with Crippen molar-refractivity contribution in [2.24, 2.45) is 0 Å². The Morgan fingerprint density at radius 1 is 1.17 bits per heavy atom. The van der Waals surface area contributed by atoms with Gasteiger partial charge in [-0.15, -0.1) is 0 Å². The number of hydrogen-bond acceptors (Lipinski definition) is 5. The highest BCUT2D eigenvalue weighted by Gasteiger charge is 2.06. The molecule has 0 radical (unpaired) electrons. The summed E-state index contributed by atoms with van der Waals surface area (Å²) < 4.78 is 4.77. The summed E-state index contributed by atoms with van der Waals surface area (Å²) in [5.74, 6) is 0.689. The Morgan fingerprint density at radius 2 is 2.06 bits per heavy atom. The molecule has 1 N–H and O–H groups in total. The highest BCUT2D eigenvalue weighted by atomic mass is 35.5. The van der Waals surface area contributed by atoms with Gasteiger partial charge >= 0.3 is 0 Å². The molecule has 0 unspecified atom stereocenters. The van der Waals surface area contributed by atoms with Gasteiger partial charge in [0.25, 0.3) is 0 Å². The van der Waals surface area contributed by atoms with E-state index in [1.165, 1.54) is 6.26 Å². The Kier molecular flexibility index (Phi) is 2.82. The fourth-order valence-electron chi connectivity index (χ4n) is 1.69. The highest BCUT2D eigenvalue weighted by molar-refractivity contribution is 6.28. The van der Waals surface area contributed by atoms with Crippen LogP contribution in [0.3, 0.4) is 0 Å². The zero-order chi connectivity index (χ0) is 12.4. The van der Waals surface area contributed by atoms with Crippen LogP contribution in [0.5, 0.6) is 0 Å². The topological polar surface area (TPSA) is 63.8 Å². The lowest BCUT2D eigenvalue weighted by Gasteiger charge is -2.07. The van der Waals surface area contributed by atoms with Crippen LogP contribution >= 0.6 is 11.6 Å². The first-order valence-corrected chi connectivity index (χ1v) is 5.76. The van der Waals surface area contributed by atoms with E-state index in [0.29, 0.717) is 12.4 Å². The number of nitrogens with one attached hydrogen (secondary N) is 1. The fraction of sp³-hybridized carbons (Fsp3) is 0.0833. The predicted octanol–water partition coefficient (Wildman–Crippen LogP) is 2.88. The number of benzene rings is 1. The Hall–Kier alpha value is -2.14. The summed E-state index contributed by atoms with van der Waals surface area (Å²) in [6.45, 7) is 0.522. The third kappa shape index (κ3) is 2.12. The summed E-state index contributed by atoms with van der Waals surface area (Å²) in [6, 6.07) is 9.47. The van der Waals surface area contributed by atoms with Crippen LogP contribution in [0.25, 0.3) is 10.9 Å². The van der Waals surface area contributed by atoms with Gasteiger partial charge in [0, 0.05) is 11.5 Å². The van der Waals surface area contributed by atoms with E-state index >= 15 is 0 Å². The van der Waals surface area contributed by atoms with E-state index in [4.69, 9.17) is 16.1 Å². The number of rotatable bonds is 3. The van der Waals surface area contributed by atoms with Crippen molar-refractivity contribution in [2.45, 2.75) is 6.54 Å². The maximum absolute atomic E-state index is 5.89. The van der Waals surface area contributed by atoms with Gasteiger partial charge in [-0.3, -0.25) is 0 Å². The standard InChI is InChI=1S/C12H9ClN4O/c13-12-15-10-4-2-1-3-9(10)11(16-12)14-7-8-5-6-18-17-8/h1-6H,7H2,(H,14,15,16). The van der Waals surface area contributed by atoms with Gasteiger partial charge in [0.15, 0.2) is 0 Å². The molecule has 0 aliphatic heterocycles. The minimum atomic E-state index is 0.219. The molecule has 0 aliphatic rings. The molecule has 0 spiro atoms. The second-order valence-corrected chi connectivity index (χ2v) is 4.04. The van der Waals surface area contributed by atoms with Gasteiger partial charge in [0.1, 0.15) is 17.8 Å². The number of fused-ring (bicyclic) bond motifs is 1. The van der Waals surface area contributed by atoms with Crippen LogP contribution in [0, 0.1) is 0 Å². The molecule has 0 amide bonds. The molecule has 0 atom stereocenters. The van der Waals surface area contributed by atoms with Crippen LogP contribution in [0.1, 0.15) is 5.69 Å². The van der Waals surface area contributed by atoms with E-state index < -0.39 is 0 Å². The zero-order valence-corrected chi connectivity index (χ0v) is 10.1. The summed E-state index contributed by atoms with van der Waals surface area (Å²) in [6.07, 6.45) is 1.53. The summed E-state index contributed by atoms with van der Waals surface area (Å²) in [5, 5.41) is 8.13. The second-order valence-electron chi connectivity index (χ2n) is 3.70. The largest absolute Gasteiger partial charge is 0.364 e. The molecule has 0 fully saturated rings. The smallest absolute Gasteiger partial charge is 0.224 e. The third-order valence-corrected chi connectivity index (χ3v) is 2.67. The van der Waals surface area contributed by atoms with Crippen molar-refractivity contribution in [3.63, 3.8) is 0 Å². The quantitative estimate of drug-likeness (QED) is 0.734. The number of halogens is 1. The van der Waals surface area contributed by atoms with Gasteiger partial charge in [-0.2, -0.15) is 0 Å². The number of nitrogens with zero attached hydrogens (tertiary/aromatic N) is 3. The van der Waals surface area contributed by atoms with Gasteiger partial charge in [-0.25, -0.2) is 9.97 Å². The summed E-state index contributed by atoms with van der Waals surface area (Å²) >= 11 is 5.89. The van der Waals surface area contributed by atoms with Crippen molar-refractivity contribution in [3.05, 3.63) is 47.6 Å². The first-order valence-electron chi connectivity index (χ1n) is 5.38. The molecule has 5 nitrogen and oxygen atoms in total. The minimum Gasteiger partial charge on any atom is -0.364 e. The lowest BCUT2D eigenvalue weighted by Crippen LogP contribution is -2.03. The molecule has 1 aromatic carbocycles. The number of aromatic nitrogens is 3. The minimum absolute atomic E-state index is 0.219. The van der Waals surface area contributed by atoms with E-state index in [-0.39, 0.29) is 5.28 Å². The fourth-order valence-corrected chi connectivity index (χ4v) is 1.86. The Labute approximate surface area is 108 Å². The van der Waals surface area contributed by atoms with Crippen molar-refractivity contribution in [2.75, 3.05) is 5.32 Å². The summed E-state index contributed by atoms with van der Waals surface area (Å²) in [7, 11) is 0. The van der Waals surface area contributed by atoms with Gasteiger partial charge in [0.05, 0.1) is 12.1 Å². The maximum Gasteiger partial charge on any atom is 0.224 e. The molecular formula is C12H9ClN4O. The number of para-hydroxylation sites is 1. The molecule has 0 saturated carbocycles. The Bertz CT molecular complexity index is 669. The zero-order valence-electron chi connectivity index (χ0n) is 9.30. The first kappa shape index (κ1) is 11.0. The molecule has 3 rings (SSSR count). The first-order chi connectivity index (χ1) is 8.83. The maximum atomic E-state index is 5.89. The molecule has 2 aromatic heterocycles. The Balaban J connectivity index is 1.95. The monoisotopic (exact) mass is 260 g/mol. The van der Waals surface area contributed by atoms with Gasteiger partial charge in [-0.1, -0.05) is 17.3 Å².